The van der Waals surface area contributed by atoms with E-state index in [4.69, 9.17) is 4.74 Å². The van der Waals surface area contributed by atoms with Crippen LogP contribution in [0.25, 0.3) is 0 Å². The van der Waals surface area contributed by atoms with E-state index in [2.05, 4.69) is 15.6 Å². The maximum Gasteiger partial charge on any atom is 0.315 e. The Morgan fingerprint density at radius 1 is 1.53 bits per heavy atom. The van der Waals surface area contributed by atoms with Gasteiger partial charge in [-0.2, -0.15) is 0 Å². The lowest BCUT2D eigenvalue weighted by Gasteiger charge is -2.06. The lowest BCUT2D eigenvalue weighted by atomic mass is 10.2. The van der Waals surface area contributed by atoms with E-state index >= 15 is 0 Å². The third-order valence-corrected chi connectivity index (χ3v) is 1.80. The summed E-state index contributed by atoms with van der Waals surface area (Å²) in [5, 5.41) is 5.37. The molecule has 1 heterocycles. The van der Waals surface area contributed by atoms with Crippen molar-refractivity contribution in [1.82, 2.24) is 15.6 Å². The number of pyridine rings is 1. The molecule has 0 saturated carbocycles. The zero-order valence-corrected chi connectivity index (χ0v) is 8.91. The van der Waals surface area contributed by atoms with Crippen LogP contribution in [0.4, 0.5) is 4.79 Å². The summed E-state index contributed by atoms with van der Waals surface area (Å²) in [5.41, 5.74) is 0.952. The topological polar surface area (TPSA) is 63.2 Å². The fourth-order valence-corrected chi connectivity index (χ4v) is 1.08. The summed E-state index contributed by atoms with van der Waals surface area (Å²) >= 11 is 0. The van der Waals surface area contributed by atoms with E-state index in [9.17, 15) is 4.79 Å². The summed E-state index contributed by atoms with van der Waals surface area (Å²) in [7, 11) is 1.56. The van der Waals surface area contributed by atoms with Crippen LogP contribution < -0.4 is 15.4 Å². The van der Waals surface area contributed by atoms with Crippen molar-refractivity contribution in [3.63, 3.8) is 0 Å². The van der Waals surface area contributed by atoms with Crippen LogP contribution in [0.3, 0.4) is 0 Å². The number of carbonyl (C=O) groups excluding carboxylic acids is 1. The third kappa shape index (κ3) is 3.84. The van der Waals surface area contributed by atoms with Gasteiger partial charge in [0.25, 0.3) is 0 Å². The SMILES string of the molecule is CCNC(=O)NCc1ccnc(OC)c1. The highest BCUT2D eigenvalue weighted by atomic mass is 16.5. The number of ether oxygens (including phenoxy) is 1. The van der Waals surface area contributed by atoms with Gasteiger partial charge in [-0.25, -0.2) is 9.78 Å². The van der Waals surface area contributed by atoms with Crippen molar-refractivity contribution < 1.29 is 9.53 Å². The van der Waals surface area contributed by atoms with Crippen molar-refractivity contribution in [2.75, 3.05) is 13.7 Å². The average Bonchev–Trinajstić information content (AvgIpc) is 2.27. The summed E-state index contributed by atoms with van der Waals surface area (Å²) in [4.78, 5) is 15.1. The Labute approximate surface area is 88.9 Å². The maximum atomic E-state index is 11.1. The fourth-order valence-electron chi connectivity index (χ4n) is 1.08. The zero-order chi connectivity index (χ0) is 11.1. The number of rotatable bonds is 4. The molecule has 0 aromatic carbocycles. The molecule has 0 spiro atoms. The molecule has 0 unspecified atom stereocenters. The third-order valence-electron chi connectivity index (χ3n) is 1.80. The molecule has 1 aromatic heterocycles. The Hall–Kier alpha value is -1.78. The first-order valence-electron chi connectivity index (χ1n) is 4.77. The summed E-state index contributed by atoms with van der Waals surface area (Å²) in [5.74, 6) is 0.546. The average molecular weight is 209 g/mol. The standard InChI is InChI=1S/C10H15N3O2/c1-3-11-10(14)13-7-8-4-5-12-9(6-8)15-2/h4-6H,3,7H2,1-2H3,(H2,11,13,14). The van der Waals surface area contributed by atoms with E-state index in [1.165, 1.54) is 0 Å². The molecule has 82 valence electrons. The van der Waals surface area contributed by atoms with Crippen molar-refractivity contribution in [3.8, 4) is 5.88 Å². The largest absolute Gasteiger partial charge is 0.481 e. The van der Waals surface area contributed by atoms with E-state index in [-0.39, 0.29) is 6.03 Å². The van der Waals surface area contributed by atoms with Crippen molar-refractivity contribution in [2.45, 2.75) is 13.5 Å². The van der Waals surface area contributed by atoms with Gasteiger partial charge in [-0.1, -0.05) is 0 Å². The molecule has 0 saturated heterocycles. The van der Waals surface area contributed by atoms with Crippen molar-refractivity contribution in [3.05, 3.63) is 23.9 Å². The predicted octanol–water partition coefficient (Wildman–Crippen LogP) is 0.909. The molecule has 15 heavy (non-hydrogen) atoms. The molecule has 0 bridgehead atoms. The number of carbonyl (C=O) groups is 1. The van der Waals surface area contributed by atoms with Gasteiger partial charge in [0.15, 0.2) is 0 Å². The molecule has 0 aliphatic carbocycles. The van der Waals surface area contributed by atoms with E-state index in [1.807, 2.05) is 13.0 Å². The van der Waals surface area contributed by atoms with Gasteiger partial charge in [-0.05, 0) is 18.6 Å². The summed E-state index contributed by atoms with van der Waals surface area (Å²) in [6.45, 7) is 2.95. The normalized spacial score (nSPS) is 9.47. The van der Waals surface area contributed by atoms with Gasteiger partial charge in [0.05, 0.1) is 7.11 Å². The number of hydrogen-bond donors (Lipinski definition) is 2. The highest BCUT2D eigenvalue weighted by molar-refractivity contribution is 5.73. The Kier molecular flexibility index (Phi) is 4.40. The molecular formula is C10H15N3O2. The summed E-state index contributed by atoms with van der Waals surface area (Å²) < 4.78 is 4.97. The molecule has 2 amide bonds. The number of urea groups is 1. The quantitative estimate of drug-likeness (QED) is 0.774. The molecule has 5 heteroatoms. The number of hydrogen-bond acceptors (Lipinski definition) is 3. The minimum absolute atomic E-state index is 0.173. The number of methoxy groups -OCH3 is 1. The Bertz CT molecular complexity index is 328. The lowest BCUT2D eigenvalue weighted by molar-refractivity contribution is 0.241. The van der Waals surface area contributed by atoms with Crippen LogP contribution in [0.2, 0.25) is 0 Å². The van der Waals surface area contributed by atoms with Gasteiger partial charge < -0.3 is 15.4 Å². The molecule has 2 N–H and O–H groups in total. The zero-order valence-electron chi connectivity index (χ0n) is 8.91. The second-order valence-corrected chi connectivity index (χ2v) is 2.92. The molecule has 0 aliphatic heterocycles. The number of amides is 2. The predicted molar refractivity (Wildman–Crippen MR) is 56.7 cm³/mol. The van der Waals surface area contributed by atoms with Gasteiger partial charge in [0, 0.05) is 25.4 Å². The van der Waals surface area contributed by atoms with Crippen molar-refractivity contribution >= 4 is 6.03 Å². The van der Waals surface area contributed by atoms with E-state index < -0.39 is 0 Å². The molecule has 0 fully saturated rings. The van der Waals surface area contributed by atoms with Crippen LogP contribution in [0.1, 0.15) is 12.5 Å². The molecular weight excluding hydrogens is 194 g/mol. The molecule has 0 radical (unpaired) electrons. The smallest absolute Gasteiger partial charge is 0.315 e. The van der Waals surface area contributed by atoms with Crippen LogP contribution in [0.5, 0.6) is 5.88 Å². The first kappa shape index (κ1) is 11.3. The van der Waals surface area contributed by atoms with Crippen LogP contribution in [0, 0.1) is 0 Å². The Balaban J connectivity index is 2.46. The van der Waals surface area contributed by atoms with Crippen molar-refractivity contribution in [2.24, 2.45) is 0 Å². The van der Waals surface area contributed by atoms with Gasteiger partial charge in [0.2, 0.25) is 5.88 Å². The minimum Gasteiger partial charge on any atom is -0.481 e. The highest BCUT2D eigenvalue weighted by Crippen LogP contribution is 2.07. The van der Waals surface area contributed by atoms with Crippen LogP contribution in [-0.4, -0.2) is 24.7 Å². The fraction of sp³-hybridized carbons (Fsp3) is 0.400. The second kappa shape index (κ2) is 5.85. The van der Waals surface area contributed by atoms with Crippen LogP contribution in [-0.2, 0) is 6.54 Å². The van der Waals surface area contributed by atoms with E-state index in [1.54, 1.807) is 19.4 Å². The molecule has 0 atom stereocenters. The second-order valence-electron chi connectivity index (χ2n) is 2.92. The molecule has 1 rings (SSSR count). The van der Waals surface area contributed by atoms with Crippen LogP contribution in [0.15, 0.2) is 18.3 Å². The highest BCUT2D eigenvalue weighted by Gasteiger charge is 1.99. The van der Waals surface area contributed by atoms with Gasteiger partial charge >= 0.3 is 6.03 Å². The van der Waals surface area contributed by atoms with Gasteiger partial charge in [-0.3, -0.25) is 0 Å². The van der Waals surface area contributed by atoms with Crippen LogP contribution >= 0.6 is 0 Å². The Morgan fingerprint density at radius 2 is 2.33 bits per heavy atom. The number of nitrogens with one attached hydrogen (secondary N) is 2. The van der Waals surface area contributed by atoms with Gasteiger partial charge in [-0.15, -0.1) is 0 Å². The van der Waals surface area contributed by atoms with Crippen molar-refractivity contribution in [1.29, 1.82) is 0 Å². The van der Waals surface area contributed by atoms with E-state index in [0.717, 1.165) is 5.56 Å². The number of aromatic nitrogens is 1. The molecule has 5 nitrogen and oxygen atoms in total. The van der Waals surface area contributed by atoms with E-state index in [0.29, 0.717) is 19.0 Å². The lowest BCUT2D eigenvalue weighted by Crippen LogP contribution is -2.34. The van der Waals surface area contributed by atoms with Gasteiger partial charge in [0.1, 0.15) is 0 Å². The molecule has 0 aliphatic rings. The first-order chi connectivity index (χ1) is 7.26. The molecule has 1 aromatic rings. The summed E-state index contributed by atoms with van der Waals surface area (Å²) in [6, 6.07) is 3.44. The monoisotopic (exact) mass is 209 g/mol. The number of nitrogens with zero attached hydrogens (tertiary/aromatic N) is 1. The first-order valence-corrected chi connectivity index (χ1v) is 4.77. The maximum absolute atomic E-state index is 11.1. The Morgan fingerprint density at radius 3 is 3.00 bits per heavy atom. The minimum atomic E-state index is -0.173. The summed E-state index contributed by atoms with van der Waals surface area (Å²) in [6.07, 6.45) is 1.65.